The van der Waals surface area contributed by atoms with E-state index in [-0.39, 0.29) is 0 Å². The second-order valence-corrected chi connectivity index (χ2v) is 10.3. The van der Waals surface area contributed by atoms with E-state index in [4.69, 9.17) is 23.2 Å². The summed E-state index contributed by atoms with van der Waals surface area (Å²) >= 11 is 13.1. The molecule has 0 aromatic heterocycles. The van der Waals surface area contributed by atoms with Crippen molar-refractivity contribution in [1.82, 2.24) is 4.90 Å². The number of rotatable bonds is 5. The Morgan fingerprint density at radius 2 is 1.64 bits per heavy atom. The van der Waals surface area contributed by atoms with Crippen molar-refractivity contribution in [3.8, 4) is 11.1 Å². The Balaban J connectivity index is 2.12. The van der Waals surface area contributed by atoms with Crippen LogP contribution in [0.5, 0.6) is 0 Å². The van der Waals surface area contributed by atoms with E-state index in [2.05, 4.69) is 21.6 Å². The van der Waals surface area contributed by atoms with Crippen LogP contribution in [0.15, 0.2) is 36.4 Å². The Hall–Kier alpha value is -1.47. The van der Waals surface area contributed by atoms with Gasteiger partial charge in [0.2, 0.25) is 10.0 Å². The van der Waals surface area contributed by atoms with Crippen LogP contribution < -0.4 is 9.62 Å². The predicted molar refractivity (Wildman–Crippen MR) is 119 cm³/mol. The van der Waals surface area contributed by atoms with Crippen molar-refractivity contribution in [2.75, 3.05) is 42.8 Å². The minimum absolute atomic E-state index is 0.343. The molecule has 28 heavy (non-hydrogen) atoms. The van der Waals surface area contributed by atoms with Gasteiger partial charge < -0.3 is 9.80 Å². The molecule has 0 bridgehead atoms. The van der Waals surface area contributed by atoms with E-state index in [0.717, 1.165) is 37.4 Å². The van der Waals surface area contributed by atoms with E-state index in [1.165, 1.54) is 0 Å². The molecule has 2 aromatic rings. The molecule has 152 valence electrons. The zero-order valence-electron chi connectivity index (χ0n) is 16.2. The van der Waals surface area contributed by atoms with Crippen LogP contribution in [0.4, 0.5) is 11.4 Å². The molecule has 0 amide bonds. The summed E-state index contributed by atoms with van der Waals surface area (Å²) in [5.41, 5.74) is 2.79. The lowest BCUT2D eigenvalue weighted by atomic mass is 10.0. The zero-order chi connectivity index (χ0) is 20.5. The number of likely N-dealkylation sites (N-methyl/N-ethyl adjacent to an activating group) is 1. The lowest BCUT2D eigenvalue weighted by Gasteiger charge is -2.34. The normalized spacial score (nSPS) is 15.9. The average Bonchev–Trinajstić information content (AvgIpc) is 2.64. The fourth-order valence-electron chi connectivity index (χ4n) is 3.08. The van der Waals surface area contributed by atoms with Crippen molar-refractivity contribution < 1.29 is 8.42 Å². The van der Waals surface area contributed by atoms with Crippen LogP contribution in [0.25, 0.3) is 11.1 Å². The van der Waals surface area contributed by atoms with E-state index < -0.39 is 15.3 Å². The molecular weight excluding hydrogens is 417 g/mol. The van der Waals surface area contributed by atoms with Crippen molar-refractivity contribution in [3.63, 3.8) is 0 Å². The number of hydrogen-bond acceptors (Lipinski definition) is 4. The fourth-order valence-corrected chi connectivity index (χ4v) is 4.33. The quantitative estimate of drug-likeness (QED) is 0.738. The monoisotopic (exact) mass is 441 g/mol. The minimum Gasteiger partial charge on any atom is -0.369 e. The lowest BCUT2D eigenvalue weighted by Crippen LogP contribution is -2.44. The number of benzene rings is 2. The third-order valence-electron chi connectivity index (χ3n) is 4.96. The second-order valence-electron chi connectivity index (χ2n) is 7.32. The van der Waals surface area contributed by atoms with Gasteiger partial charge in [-0.3, -0.25) is 4.72 Å². The summed E-state index contributed by atoms with van der Waals surface area (Å²) in [6, 6.07) is 11.2. The van der Waals surface area contributed by atoms with Crippen LogP contribution in [0.2, 0.25) is 10.0 Å². The maximum Gasteiger partial charge on any atom is 0.235 e. The molecule has 1 N–H and O–H groups in total. The van der Waals surface area contributed by atoms with E-state index in [9.17, 15) is 8.42 Å². The van der Waals surface area contributed by atoms with Crippen molar-refractivity contribution in [1.29, 1.82) is 0 Å². The Bertz CT molecular complexity index is 956. The first-order valence-corrected chi connectivity index (χ1v) is 11.5. The molecule has 0 atom stereocenters. The Morgan fingerprint density at radius 1 is 1.00 bits per heavy atom. The molecule has 0 aliphatic carbocycles. The predicted octanol–water partition coefficient (Wildman–Crippen LogP) is 4.56. The Kier molecular flexibility index (Phi) is 6.44. The molecule has 1 fully saturated rings. The van der Waals surface area contributed by atoms with Crippen LogP contribution in [-0.4, -0.2) is 51.8 Å². The molecule has 0 spiro atoms. The van der Waals surface area contributed by atoms with Crippen LogP contribution in [0.3, 0.4) is 0 Å². The molecule has 1 heterocycles. The van der Waals surface area contributed by atoms with Gasteiger partial charge in [0, 0.05) is 48.0 Å². The van der Waals surface area contributed by atoms with E-state index in [1.807, 2.05) is 30.3 Å². The number of nitrogens with one attached hydrogen (secondary N) is 1. The van der Waals surface area contributed by atoms with Gasteiger partial charge in [0.1, 0.15) is 0 Å². The van der Waals surface area contributed by atoms with Gasteiger partial charge in [-0.15, -0.1) is 0 Å². The largest absolute Gasteiger partial charge is 0.369 e. The summed E-state index contributed by atoms with van der Waals surface area (Å²) in [5.74, 6) is 0. The third kappa shape index (κ3) is 4.57. The first-order chi connectivity index (χ1) is 13.2. The van der Waals surface area contributed by atoms with Gasteiger partial charge in [-0.1, -0.05) is 41.4 Å². The van der Waals surface area contributed by atoms with Crippen molar-refractivity contribution >= 4 is 44.6 Å². The van der Waals surface area contributed by atoms with E-state index in [0.29, 0.717) is 21.3 Å². The van der Waals surface area contributed by atoms with Crippen molar-refractivity contribution in [2.24, 2.45) is 0 Å². The SMILES string of the molecule is CC(C)S(=O)(=O)Nc1cc(N2CCN(C)CC2)cc(-c2ccccc2Cl)c1Cl. The van der Waals surface area contributed by atoms with Gasteiger partial charge in [0.15, 0.2) is 0 Å². The number of nitrogens with zero attached hydrogens (tertiary/aromatic N) is 2. The molecule has 0 unspecified atom stereocenters. The molecule has 2 aromatic carbocycles. The maximum absolute atomic E-state index is 12.5. The van der Waals surface area contributed by atoms with Gasteiger partial charge >= 0.3 is 0 Å². The standard InChI is InChI=1S/C20H25Cl2N3O2S/c1-14(2)28(26,27)23-19-13-15(25-10-8-24(3)9-11-25)12-17(20(19)22)16-6-4-5-7-18(16)21/h4-7,12-14,23H,8-11H2,1-3H3. The van der Waals surface area contributed by atoms with Crippen LogP contribution in [0.1, 0.15) is 13.8 Å². The highest BCUT2D eigenvalue weighted by atomic mass is 35.5. The summed E-state index contributed by atoms with van der Waals surface area (Å²) in [6.45, 7) is 6.87. The highest BCUT2D eigenvalue weighted by Gasteiger charge is 2.23. The van der Waals surface area contributed by atoms with E-state index in [1.54, 1.807) is 19.9 Å². The fraction of sp³-hybridized carbons (Fsp3) is 0.400. The van der Waals surface area contributed by atoms with Crippen LogP contribution in [-0.2, 0) is 10.0 Å². The average molecular weight is 442 g/mol. The Labute approximate surface area is 177 Å². The van der Waals surface area contributed by atoms with Gasteiger partial charge in [-0.25, -0.2) is 8.42 Å². The summed E-state index contributed by atoms with van der Waals surface area (Å²) in [7, 11) is -1.44. The molecule has 0 radical (unpaired) electrons. The number of piperazine rings is 1. The molecule has 0 saturated carbocycles. The molecule has 1 aliphatic heterocycles. The molecule has 1 saturated heterocycles. The lowest BCUT2D eigenvalue weighted by molar-refractivity contribution is 0.313. The third-order valence-corrected chi connectivity index (χ3v) is 7.45. The molecule has 3 rings (SSSR count). The highest BCUT2D eigenvalue weighted by Crippen LogP contribution is 2.41. The van der Waals surface area contributed by atoms with Gasteiger partial charge in [0.05, 0.1) is 16.0 Å². The van der Waals surface area contributed by atoms with Gasteiger partial charge in [-0.2, -0.15) is 0 Å². The summed E-state index contributed by atoms with van der Waals surface area (Å²) in [5, 5.41) is 0.340. The molecule has 5 nitrogen and oxygen atoms in total. The van der Waals surface area contributed by atoms with Crippen molar-refractivity contribution in [3.05, 3.63) is 46.4 Å². The van der Waals surface area contributed by atoms with Gasteiger partial charge in [-0.05, 0) is 39.1 Å². The summed E-state index contributed by atoms with van der Waals surface area (Å²) in [6.07, 6.45) is 0. The highest BCUT2D eigenvalue weighted by molar-refractivity contribution is 7.93. The molecule has 8 heteroatoms. The molecule has 1 aliphatic rings. The number of sulfonamides is 1. The zero-order valence-corrected chi connectivity index (χ0v) is 18.6. The first-order valence-electron chi connectivity index (χ1n) is 9.22. The summed E-state index contributed by atoms with van der Waals surface area (Å²) < 4.78 is 27.6. The maximum atomic E-state index is 12.5. The minimum atomic E-state index is -3.53. The van der Waals surface area contributed by atoms with Crippen molar-refractivity contribution in [2.45, 2.75) is 19.1 Å². The Morgan fingerprint density at radius 3 is 2.25 bits per heavy atom. The van der Waals surface area contributed by atoms with Gasteiger partial charge in [0.25, 0.3) is 0 Å². The number of anilines is 2. The number of halogens is 2. The summed E-state index contributed by atoms with van der Waals surface area (Å²) in [4.78, 5) is 4.51. The second kappa shape index (κ2) is 8.49. The van der Waals surface area contributed by atoms with E-state index >= 15 is 0 Å². The molecular formula is C20H25Cl2N3O2S. The smallest absolute Gasteiger partial charge is 0.235 e. The number of hydrogen-bond donors (Lipinski definition) is 1. The van der Waals surface area contributed by atoms with Crippen LogP contribution >= 0.6 is 23.2 Å². The first kappa shape index (κ1) is 21.2. The van der Waals surface area contributed by atoms with Crippen LogP contribution in [0, 0.1) is 0 Å². The topological polar surface area (TPSA) is 52.7 Å².